The van der Waals surface area contributed by atoms with Gasteiger partial charge in [-0.3, -0.25) is 9.59 Å². The lowest BCUT2D eigenvalue weighted by Crippen LogP contribution is -2.19. The topological polar surface area (TPSA) is 98.0 Å². The van der Waals surface area contributed by atoms with Crippen LogP contribution in [0.15, 0.2) is 8.68 Å². The Bertz CT molecular complexity index is 381. The van der Waals surface area contributed by atoms with E-state index in [2.05, 4.69) is 15.5 Å². The fraction of sp³-hybridized carbons (Fsp3) is 0.429. The molecule has 2 amide bonds. The van der Waals surface area contributed by atoms with Crippen molar-refractivity contribution in [2.24, 2.45) is 5.73 Å². The van der Waals surface area contributed by atoms with Gasteiger partial charge < -0.3 is 11.1 Å². The average Bonchev–Trinajstić information content (AvgIpc) is 2.71. The molecule has 88 valence electrons. The van der Waals surface area contributed by atoms with Gasteiger partial charge in [0.1, 0.15) is 0 Å². The van der Waals surface area contributed by atoms with E-state index in [9.17, 15) is 9.59 Å². The third-order valence-corrected chi connectivity index (χ3v) is 4.54. The average molecular weight is 278 g/mol. The Morgan fingerprint density at radius 1 is 1.31 bits per heavy atom. The Hall–Kier alpha value is -0.800. The zero-order chi connectivity index (χ0) is 12.0. The minimum atomic E-state index is -0.389. The Kier molecular flexibility index (Phi) is 5.56. The summed E-state index contributed by atoms with van der Waals surface area (Å²) in [5, 5.41) is 10.3. The van der Waals surface area contributed by atoms with Crippen LogP contribution < -0.4 is 11.1 Å². The summed E-state index contributed by atoms with van der Waals surface area (Å²) in [4.78, 5) is 21.5. The molecule has 0 aromatic carbocycles. The summed E-state index contributed by atoms with van der Waals surface area (Å²) in [7, 11) is 1.58. The Labute approximate surface area is 105 Å². The lowest BCUT2D eigenvalue weighted by atomic mass is 10.7. The number of nitrogens with one attached hydrogen (secondary N) is 1. The van der Waals surface area contributed by atoms with Crippen LogP contribution in [-0.2, 0) is 9.59 Å². The third kappa shape index (κ3) is 4.81. The molecule has 0 atom stereocenters. The van der Waals surface area contributed by atoms with Gasteiger partial charge >= 0.3 is 0 Å². The van der Waals surface area contributed by atoms with Gasteiger partial charge in [0.2, 0.25) is 11.8 Å². The number of primary amides is 1. The summed E-state index contributed by atoms with van der Waals surface area (Å²) in [6.45, 7) is 0. The molecule has 0 saturated carbocycles. The number of carbonyl (C=O) groups excluding carboxylic acids is 2. The number of amides is 2. The molecular formula is C7H10N4O2S3. The zero-order valence-corrected chi connectivity index (χ0v) is 10.9. The van der Waals surface area contributed by atoms with Crippen molar-refractivity contribution in [1.29, 1.82) is 0 Å². The zero-order valence-electron chi connectivity index (χ0n) is 8.43. The molecule has 0 aliphatic heterocycles. The van der Waals surface area contributed by atoms with Crippen LogP contribution in [0.4, 0.5) is 0 Å². The summed E-state index contributed by atoms with van der Waals surface area (Å²) in [5.41, 5.74) is 5.00. The van der Waals surface area contributed by atoms with Gasteiger partial charge in [-0.2, -0.15) is 0 Å². The number of nitrogens with two attached hydrogens (primary N) is 1. The first-order valence-corrected chi connectivity index (χ1v) is 6.98. The SMILES string of the molecule is CNC(=O)CSc1nnc(SCC(N)=O)s1. The highest BCUT2D eigenvalue weighted by Crippen LogP contribution is 2.28. The van der Waals surface area contributed by atoms with Gasteiger partial charge in [0, 0.05) is 7.05 Å². The van der Waals surface area contributed by atoms with Gasteiger partial charge in [-0.05, 0) is 0 Å². The molecule has 0 bridgehead atoms. The maximum absolute atomic E-state index is 11.0. The van der Waals surface area contributed by atoms with Crippen LogP contribution in [0, 0.1) is 0 Å². The monoisotopic (exact) mass is 278 g/mol. The van der Waals surface area contributed by atoms with Crippen LogP contribution in [0.2, 0.25) is 0 Å². The summed E-state index contributed by atoms with van der Waals surface area (Å²) in [6.07, 6.45) is 0. The van der Waals surface area contributed by atoms with Crippen molar-refractivity contribution in [3.63, 3.8) is 0 Å². The summed E-state index contributed by atoms with van der Waals surface area (Å²) in [5.74, 6) is 0.0479. The molecule has 1 aromatic rings. The van der Waals surface area contributed by atoms with Crippen molar-refractivity contribution in [1.82, 2.24) is 15.5 Å². The number of hydrogen-bond donors (Lipinski definition) is 2. The van der Waals surface area contributed by atoms with Crippen molar-refractivity contribution in [2.45, 2.75) is 8.68 Å². The highest BCUT2D eigenvalue weighted by atomic mass is 32.2. The van der Waals surface area contributed by atoms with E-state index in [1.54, 1.807) is 7.05 Å². The molecule has 0 spiro atoms. The maximum atomic E-state index is 11.0. The van der Waals surface area contributed by atoms with Gasteiger partial charge in [-0.15, -0.1) is 10.2 Å². The highest BCUT2D eigenvalue weighted by Gasteiger charge is 2.08. The standard InChI is InChI=1S/C7H10N4O2S3/c1-9-5(13)3-15-7-11-10-6(16-7)14-2-4(8)12/h2-3H2,1H3,(H2,8,12)(H,9,13). The van der Waals surface area contributed by atoms with Crippen molar-refractivity contribution < 1.29 is 9.59 Å². The molecule has 1 aromatic heterocycles. The second-order valence-corrected chi connectivity index (χ2v) is 5.97. The Morgan fingerprint density at radius 2 is 1.88 bits per heavy atom. The van der Waals surface area contributed by atoms with Gasteiger partial charge in [-0.1, -0.05) is 34.9 Å². The van der Waals surface area contributed by atoms with E-state index in [4.69, 9.17) is 5.73 Å². The second kappa shape index (κ2) is 6.71. The van der Waals surface area contributed by atoms with Crippen LogP contribution >= 0.6 is 34.9 Å². The first-order valence-electron chi connectivity index (χ1n) is 4.20. The predicted molar refractivity (Wildman–Crippen MR) is 64.6 cm³/mol. The molecule has 9 heteroatoms. The Morgan fingerprint density at radius 3 is 2.38 bits per heavy atom. The second-order valence-electron chi connectivity index (χ2n) is 2.55. The van der Waals surface area contributed by atoms with Crippen molar-refractivity contribution >= 4 is 46.7 Å². The van der Waals surface area contributed by atoms with Gasteiger partial charge in [-0.25, -0.2) is 0 Å². The molecule has 0 aliphatic rings. The normalized spacial score (nSPS) is 10.1. The molecule has 0 fully saturated rings. The van der Waals surface area contributed by atoms with E-state index in [0.717, 1.165) is 0 Å². The minimum Gasteiger partial charge on any atom is -0.369 e. The molecule has 1 rings (SSSR count). The predicted octanol–water partition coefficient (Wildman–Crippen LogP) is -0.0464. The summed E-state index contributed by atoms with van der Waals surface area (Å²) < 4.78 is 1.38. The van der Waals surface area contributed by atoms with Crippen molar-refractivity contribution in [3.05, 3.63) is 0 Å². The van der Waals surface area contributed by atoms with Crippen LogP contribution in [0.1, 0.15) is 0 Å². The molecule has 1 heterocycles. The molecule has 0 radical (unpaired) electrons. The van der Waals surface area contributed by atoms with Crippen molar-refractivity contribution in [2.75, 3.05) is 18.6 Å². The van der Waals surface area contributed by atoms with Gasteiger partial charge in [0.05, 0.1) is 11.5 Å². The number of thioether (sulfide) groups is 2. The van der Waals surface area contributed by atoms with E-state index in [1.807, 2.05) is 0 Å². The van der Waals surface area contributed by atoms with E-state index in [-0.39, 0.29) is 17.6 Å². The van der Waals surface area contributed by atoms with E-state index < -0.39 is 0 Å². The van der Waals surface area contributed by atoms with Crippen LogP contribution in [-0.4, -0.2) is 40.6 Å². The molecule has 3 N–H and O–H groups in total. The van der Waals surface area contributed by atoms with E-state index in [1.165, 1.54) is 34.9 Å². The number of carbonyl (C=O) groups is 2. The highest BCUT2D eigenvalue weighted by molar-refractivity contribution is 8.03. The van der Waals surface area contributed by atoms with E-state index in [0.29, 0.717) is 14.4 Å². The summed E-state index contributed by atoms with van der Waals surface area (Å²) in [6, 6.07) is 0. The minimum absolute atomic E-state index is 0.0634. The first-order chi connectivity index (χ1) is 7.61. The smallest absolute Gasteiger partial charge is 0.230 e. The number of nitrogens with zero attached hydrogens (tertiary/aromatic N) is 2. The molecule has 16 heavy (non-hydrogen) atoms. The number of hydrogen-bond acceptors (Lipinski definition) is 7. The lowest BCUT2D eigenvalue weighted by molar-refractivity contribution is -0.118. The van der Waals surface area contributed by atoms with Crippen molar-refractivity contribution in [3.8, 4) is 0 Å². The van der Waals surface area contributed by atoms with Crippen LogP contribution in [0.5, 0.6) is 0 Å². The third-order valence-electron chi connectivity index (χ3n) is 1.33. The quantitative estimate of drug-likeness (QED) is 0.708. The maximum Gasteiger partial charge on any atom is 0.230 e. The molecule has 6 nitrogen and oxygen atoms in total. The number of rotatable bonds is 6. The first kappa shape index (κ1) is 13.3. The molecule has 0 aliphatic carbocycles. The van der Waals surface area contributed by atoms with Gasteiger partial charge in [0.25, 0.3) is 0 Å². The van der Waals surface area contributed by atoms with Crippen LogP contribution in [0.25, 0.3) is 0 Å². The largest absolute Gasteiger partial charge is 0.369 e. The lowest BCUT2D eigenvalue weighted by Gasteiger charge is -1.94. The molecule has 0 unspecified atom stereocenters. The van der Waals surface area contributed by atoms with E-state index >= 15 is 0 Å². The fourth-order valence-electron chi connectivity index (χ4n) is 0.646. The Balaban J connectivity index is 2.39. The fourth-order valence-corrected chi connectivity index (χ4v) is 3.28. The van der Waals surface area contributed by atoms with Crippen LogP contribution in [0.3, 0.4) is 0 Å². The molecular weight excluding hydrogens is 268 g/mol. The van der Waals surface area contributed by atoms with Gasteiger partial charge in [0.15, 0.2) is 8.68 Å². The number of aromatic nitrogens is 2. The molecule has 0 saturated heterocycles. The summed E-state index contributed by atoms with van der Waals surface area (Å²) >= 11 is 3.90.